The third-order valence-electron chi connectivity index (χ3n) is 3.59. The van der Waals surface area contributed by atoms with Crippen molar-refractivity contribution in [3.8, 4) is 0 Å². The maximum atomic E-state index is 12.3. The minimum absolute atomic E-state index is 0.353. The van der Waals surface area contributed by atoms with E-state index in [0.717, 1.165) is 5.56 Å². The number of allylic oxidation sites excluding steroid dienone is 2. The molecule has 1 aliphatic rings. The molecular weight excluding hydrogens is 313 g/mol. The first-order chi connectivity index (χ1) is 9.90. The van der Waals surface area contributed by atoms with Crippen molar-refractivity contribution in [2.45, 2.75) is 19.8 Å². The second-order valence-electron chi connectivity index (χ2n) is 5.06. The summed E-state index contributed by atoms with van der Waals surface area (Å²) in [5.41, 5.74) is 1.21. The maximum Gasteiger partial charge on any atom is 0.307 e. The second-order valence-corrected chi connectivity index (χ2v) is 5.88. The van der Waals surface area contributed by atoms with E-state index in [2.05, 4.69) is 5.32 Å². The molecule has 2 rings (SSSR count). The van der Waals surface area contributed by atoms with Crippen LogP contribution in [0.2, 0.25) is 10.0 Å². The molecule has 112 valence electrons. The zero-order chi connectivity index (χ0) is 15.6. The van der Waals surface area contributed by atoms with Crippen molar-refractivity contribution in [2.24, 2.45) is 11.8 Å². The Morgan fingerprint density at radius 2 is 1.76 bits per heavy atom. The van der Waals surface area contributed by atoms with Crippen LogP contribution >= 0.6 is 23.2 Å². The van der Waals surface area contributed by atoms with Crippen molar-refractivity contribution in [3.05, 3.63) is 39.9 Å². The second kappa shape index (κ2) is 6.50. The number of carbonyl (C=O) groups is 2. The smallest absolute Gasteiger partial charge is 0.307 e. The van der Waals surface area contributed by atoms with E-state index in [9.17, 15) is 14.7 Å². The molecule has 0 bridgehead atoms. The Morgan fingerprint density at radius 3 is 2.38 bits per heavy atom. The van der Waals surface area contributed by atoms with Gasteiger partial charge in [0.1, 0.15) is 0 Å². The predicted octanol–water partition coefficient (Wildman–Crippen LogP) is 3.91. The molecule has 1 aromatic carbocycles. The molecule has 0 saturated heterocycles. The van der Waals surface area contributed by atoms with Crippen molar-refractivity contribution in [1.82, 2.24) is 0 Å². The van der Waals surface area contributed by atoms with Crippen LogP contribution < -0.4 is 5.32 Å². The standard InChI is InChI=1S/C15H15Cl2NO3/c1-8-6-12(17)13(7-11(8)16)18-14(19)9-4-2-3-5-10(9)15(20)21/h2-3,6-7,9-10H,4-5H2,1H3,(H,18,19)(H,20,21)/t9-,10+/m1/s1. The number of halogens is 2. The third-order valence-corrected chi connectivity index (χ3v) is 4.31. The van der Waals surface area contributed by atoms with Gasteiger partial charge < -0.3 is 10.4 Å². The minimum Gasteiger partial charge on any atom is -0.481 e. The molecule has 1 amide bonds. The van der Waals surface area contributed by atoms with Crippen LogP contribution in [0.25, 0.3) is 0 Å². The molecule has 1 aliphatic carbocycles. The highest BCUT2D eigenvalue weighted by Gasteiger charge is 2.34. The lowest BCUT2D eigenvalue weighted by Gasteiger charge is -2.24. The summed E-state index contributed by atoms with van der Waals surface area (Å²) in [6.45, 7) is 1.81. The first-order valence-corrected chi connectivity index (χ1v) is 7.30. The SMILES string of the molecule is Cc1cc(Cl)c(NC(=O)[C@@H]2CC=CC[C@@H]2C(=O)O)cc1Cl. The lowest BCUT2D eigenvalue weighted by Crippen LogP contribution is -2.34. The van der Waals surface area contributed by atoms with Crippen LogP contribution in [0.1, 0.15) is 18.4 Å². The first-order valence-electron chi connectivity index (χ1n) is 6.54. The van der Waals surface area contributed by atoms with Crippen molar-refractivity contribution in [3.63, 3.8) is 0 Å². The molecule has 6 heteroatoms. The average Bonchev–Trinajstić information content (AvgIpc) is 2.44. The predicted molar refractivity (Wildman–Crippen MR) is 82.8 cm³/mol. The Labute approximate surface area is 132 Å². The number of carbonyl (C=O) groups excluding carboxylic acids is 1. The number of hydrogen-bond acceptors (Lipinski definition) is 2. The molecule has 0 heterocycles. The van der Waals surface area contributed by atoms with E-state index in [1.54, 1.807) is 18.2 Å². The topological polar surface area (TPSA) is 66.4 Å². The van der Waals surface area contributed by atoms with Crippen LogP contribution in [0, 0.1) is 18.8 Å². The first kappa shape index (κ1) is 15.9. The molecule has 21 heavy (non-hydrogen) atoms. The van der Waals surface area contributed by atoms with Gasteiger partial charge in [0.25, 0.3) is 0 Å². The van der Waals surface area contributed by atoms with Gasteiger partial charge in [-0.1, -0.05) is 35.4 Å². The van der Waals surface area contributed by atoms with Crippen LogP contribution in [0.3, 0.4) is 0 Å². The average molecular weight is 328 g/mol. The van der Waals surface area contributed by atoms with Crippen molar-refractivity contribution in [2.75, 3.05) is 5.32 Å². The largest absolute Gasteiger partial charge is 0.481 e. The number of carboxylic acids is 1. The summed E-state index contributed by atoms with van der Waals surface area (Å²) in [4.78, 5) is 23.5. The van der Waals surface area contributed by atoms with Crippen LogP contribution in [0.15, 0.2) is 24.3 Å². The molecule has 0 unspecified atom stereocenters. The van der Waals surface area contributed by atoms with Crippen LogP contribution in [-0.2, 0) is 9.59 Å². The summed E-state index contributed by atoms with van der Waals surface area (Å²) < 4.78 is 0. The van der Waals surface area contributed by atoms with Crippen molar-refractivity contribution in [1.29, 1.82) is 0 Å². The summed E-state index contributed by atoms with van der Waals surface area (Å²) in [6.07, 6.45) is 4.38. The summed E-state index contributed by atoms with van der Waals surface area (Å²) in [5, 5.41) is 12.7. The highest BCUT2D eigenvalue weighted by atomic mass is 35.5. The van der Waals surface area contributed by atoms with Gasteiger partial charge in [0.05, 0.1) is 22.5 Å². The van der Waals surface area contributed by atoms with E-state index in [1.165, 1.54) is 0 Å². The number of aryl methyl sites for hydroxylation is 1. The molecule has 2 N–H and O–H groups in total. The van der Waals surface area contributed by atoms with Gasteiger partial charge in [-0.05, 0) is 37.5 Å². The van der Waals surface area contributed by atoms with Gasteiger partial charge in [-0.2, -0.15) is 0 Å². The lowest BCUT2D eigenvalue weighted by atomic mass is 9.82. The fourth-order valence-corrected chi connectivity index (χ4v) is 2.77. The quantitative estimate of drug-likeness (QED) is 0.827. The van der Waals surface area contributed by atoms with Gasteiger partial charge in [-0.15, -0.1) is 0 Å². The van der Waals surface area contributed by atoms with Crippen molar-refractivity contribution < 1.29 is 14.7 Å². The van der Waals surface area contributed by atoms with Crippen molar-refractivity contribution >= 4 is 40.8 Å². The highest BCUT2D eigenvalue weighted by Crippen LogP contribution is 2.31. The molecule has 0 spiro atoms. The lowest BCUT2D eigenvalue weighted by molar-refractivity contribution is -0.146. The fourth-order valence-electron chi connectivity index (χ4n) is 2.34. The van der Waals surface area contributed by atoms with Crippen LogP contribution in [-0.4, -0.2) is 17.0 Å². The molecule has 0 aliphatic heterocycles. The number of benzene rings is 1. The zero-order valence-corrected chi connectivity index (χ0v) is 12.9. The number of hydrogen-bond donors (Lipinski definition) is 2. The summed E-state index contributed by atoms with van der Waals surface area (Å²) in [6, 6.07) is 3.24. The summed E-state index contributed by atoms with van der Waals surface area (Å²) in [5.74, 6) is -2.64. The Hall–Kier alpha value is -1.52. The van der Waals surface area contributed by atoms with E-state index >= 15 is 0 Å². The minimum atomic E-state index is -0.965. The molecule has 4 nitrogen and oxygen atoms in total. The number of rotatable bonds is 3. The van der Waals surface area contributed by atoms with Gasteiger partial charge in [0.15, 0.2) is 0 Å². The van der Waals surface area contributed by atoms with E-state index in [1.807, 2.05) is 13.0 Å². The number of carboxylic acid groups (broad SMARTS) is 1. The van der Waals surface area contributed by atoms with Gasteiger partial charge >= 0.3 is 5.97 Å². The molecule has 2 atom stereocenters. The molecule has 0 aromatic heterocycles. The van der Waals surface area contributed by atoms with E-state index in [0.29, 0.717) is 28.6 Å². The normalized spacial score (nSPS) is 21.1. The Balaban J connectivity index is 2.19. The zero-order valence-electron chi connectivity index (χ0n) is 11.4. The fraction of sp³-hybridized carbons (Fsp3) is 0.333. The van der Waals surface area contributed by atoms with Crippen LogP contribution in [0.5, 0.6) is 0 Å². The molecule has 0 saturated carbocycles. The number of nitrogens with one attached hydrogen (secondary N) is 1. The Bertz CT molecular complexity index is 613. The summed E-state index contributed by atoms with van der Waals surface area (Å²) >= 11 is 12.1. The van der Waals surface area contributed by atoms with Gasteiger partial charge in [-0.3, -0.25) is 9.59 Å². The van der Waals surface area contributed by atoms with Gasteiger partial charge in [-0.25, -0.2) is 0 Å². The van der Waals surface area contributed by atoms with Crippen LogP contribution in [0.4, 0.5) is 5.69 Å². The van der Waals surface area contributed by atoms with E-state index in [-0.39, 0.29) is 5.91 Å². The summed E-state index contributed by atoms with van der Waals surface area (Å²) in [7, 11) is 0. The molecule has 0 radical (unpaired) electrons. The van der Waals surface area contributed by atoms with E-state index < -0.39 is 17.8 Å². The van der Waals surface area contributed by atoms with Gasteiger partial charge in [0.2, 0.25) is 5.91 Å². The molecular formula is C15H15Cl2NO3. The third kappa shape index (κ3) is 3.57. The molecule has 1 aromatic rings. The molecule has 0 fully saturated rings. The van der Waals surface area contributed by atoms with E-state index in [4.69, 9.17) is 23.2 Å². The monoisotopic (exact) mass is 327 g/mol. The Kier molecular flexibility index (Phi) is 4.91. The number of anilines is 1. The Morgan fingerprint density at radius 1 is 1.14 bits per heavy atom. The van der Waals surface area contributed by atoms with Gasteiger partial charge in [0, 0.05) is 5.02 Å². The maximum absolute atomic E-state index is 12.3. The number of aliphatic carboxylic acids is 1. The number of amides is 1. The highest BCUT2D eigenvalue weighted by molar-refractivity contribution is 6.36.